The first kappa shape index (κ1) is 19.6. The van der Waals surface area contributed by atoms with Crippen LogP contribution in [0.3, 0.4) is 0 Å². The molecule has 0 aromatic heterocycles. The minimum atomic E-state index is 0.169. The smallest absolute Gasteiger partial charge is 0.220 e. The molecule has 3 rings (SSSR count). The van der Waals surface area contributed by atoms with Crippen LogP contribution >= 0.6 is 0 Å². The molecule has 1 heterocycles. The van der Waals surface area contributed by atoms with E-state index in [1.165, 1.54) is 11.1 Å². The van der Waals surface area contributed by atoms with Gasteiger partial charge in [-0.2, -0.15) is 0 Å². The maximum absolute atomic E-state index is 12.5. The Morgan fingerprint density at radius 3 is 2.04 bits per heavy atom. The molecule has 2 aromatic rings. The largest absolute Gasteiger partial charge is 0.355 e. The van der Waals surface area contributed by atoms with Crippen molar-refractivity contribution in [3.8, 4) is 0 Å². The summed E-state index contributed by atoms with van der Waals surface area (Å²) in [6.07, 6.45) is 2.44. The molecular weight excluding hydrogens is 334 g/mol. The molecule has 0 spiro atoms. The predicted octanol–water partition coefficient (Wildman–Crippen LogP) is 2.50. The van der Waals surface area contributed by atoms with E-state index in [0.717, 1.165) is 52.1 Å². The van der Waals surface area contributed by atoms with Crippen LogP contribution in [0.15, 0.2) is 60.7 Å². The lowest BCUT2D eigenvalue weighted by molar-refractivity contribution is -0.122. The van der Waals surface area contributed by atoms with Gasteiger partial charge in [0.05, 0.1) is 0 Å². The summed E-state index contributed by atoms with van der Waals surface area (Å²) in [4.78, 5) is 14.9. The summed E-state index contributed by atoms with van der Waals surface area (Å²) in [6.45, 7) is 5.91. The van der Waals surface area contributed by atoms with Crippen LogP contribution in [0.25, 0.3) is 0 Å². The van der Waals surface area contributed by atoms with E-state index in [2.05, 4.69) is 64.1 Å². The van der Waals surface area contributed by atoms with Crippen LogP contribution in [-0.2, 0) is 17.6 Å². The van der Waals surface area contributed by atoms with Crippen molar-refractivity contribution >= 4 is 5.91 Å². The van der Waals surface area contributed by atoms with Gasteiger partial charge in [0.2, 0.25) is 5.91 Å². The molecule has 4 nitrogen and oxygen atoms in total. The van der Waals surface area contributed by atoms with E-state index in [9.17, 15) is 4.79 Å². The van der Waals surface area contributed by atoms with Gasteiger partial charge in [0.15, 0.2) is 0 Å². The maximum atomic E-state index is 12.5. The second kappa shape index (κ2) is 10.9. The molecule has 0 bridgehead atoms. The highest BCUT2D eigenvalue weighted by molar-refractivity contribution is 5.76. The summed E-state index contributed by atoms with van der Waals surface area (Å²) < 4.78 is 0. The van der Waals surface area contributed by atoms with E-state index in [0.29, 0.717) is 12.3 Å². The van der Waals surface area contributed by atoms with Crippen molar-refractivity contribution in [3.05, 3.63) is 71.8 Å². The molecule has 27 heavy (non-hydrogen) atoms. The molecule has 0 aliphatic carbocycles. The highest BCUT2D eigenvalue weighted by atomic mass is 16.1. The molecule has 4 heteroatoms. The molecule has 1 aliphatic rings. The number of benzene rings is 2. The minimum Gasteiger partial charge on any atom is -0.355 e. The van der Waals surface area contributed by atoms with Gasteiger partial charge in [0.25, 0.3) is 0 Å². The lowest BCUT2D eigenvalue weighted by Gasteiger charge is -2.27. The second-order valence-electron chi connectivity index (χ2n) is 7.39. The van der Waals surface area contributed by atoms with Crippen LogP contribution in [0.1, 0.15) is 17.5 Å². The van der Waals surface area contributed by atoms with Crippen LogP contribution < -0.4 is 10.6 Å². The molecular formula is C23H31N3O. The van der Waals surface area contributed by atoms with E-state index < -0.39 is 0 Å². The Hall–Kier alpha value is -2.17. The zero-order valence-corrected chi connectivity index (χ0v) is 16.1. The molecule has 144 valence electrons. The third kappa shape index (κ3) is 7.16. The fourth-order valence-electron chi connectivity index (χ4n) is 3.73. The Bertz CT molecular complexity index is 627. The van der Waals surface area contributed by atoms with E-state index in [1.54, 1.807) is 0 Å². The summed E-state index contributed by atoms with van der Waals surface area (Å²) >= 11 is 0. The van der Waals surface area contributed by atoms with Crippen LogP contribution in [0.4, 0.5) is 0 Å². The van der Waals surface area contributed by atoms with Crippen LogP contribution in [-0.4, -0.2) is 50.1 Å². The van der Waals surface area contributed by atoms with Crippen molar-refractivity contribution < 1.29 is 4.79 Å². The Morgan fingerprint density at radius 2 is 1.48 bits per heavy atom. The molecule has 2 N–H and O–H groups in total. The topological polar surface area (TPSA) is 44.4 Å². The summed E-state index contributed by atoms with van der Waals surface area (Å²) in [5, 5.41) is 6.49. The fourth-order valence-corrected chi connectivity index (χ4v) is 3.73. The van der Waals surface area contributed by atoms with Gasteiger partial charge in [0.1, 0.15) is 0 Å². The minimum absolute atomic E-state index is 0.169. The molecule has 0 unspecified atom stereocenters. The zero-order valence-electron chi connectivity index (χ0n) is 16.1. The van der Waals surface area contributed by atoms with E-state index in [-0.39, 0.29) is 5.91 Å². The Kier molecular flexibility index (Phi) is 7.87. The van der Waals surface area contributed by atoms with Gasteiger partial charge >= 0.3 is 0 Å². The first-order valence-electron chi connectivity index (χ1n) is 10.1. The number of nitrogens with zero attached hydrogens (tertiary/aromatic N) is 1. The Labute approximate surface area is 163 Å². The molecule has 1 saturated heterocycles. The number of carbonyl (C=O) groups excluding carboxylic acids is 1. The van der Waals surface area contributed by atoms with Crippen molar-refractivity contribution in [2.45, 2.75) is 19.3 Å². The molecule has 1 aliphatic heterocycles. The number of hydrogen-bond acceptors (Lipinski definition) is 3. The number of rotatable bonds is 9. The summed E-state index contributed by atoms with van der Waals surface area (Å²) in [7, 11) is 0. The molecule has 0 saturated carbocycles. The van der Waals surface area contributed by atoms with E-state index in [4.69, 9.17) is 0 Å². The van der Waals surface area contributed by atoms with Gasteiger partial charge in [-0.05, 0) is 29.9 Å². The Balaban J connectivity index is 1.50. The highest BCUT2D eigenvalue weighted by Gasteiger charge is 2.16. The normalized spacial score (nSPS) is 15.0. The number of hydrogen-bond donors (Lipinski definition) is 2. The molecule has 1 amide bonds. The lowest BCUT2D eigenvalue weighted by atomic mass is 9.89. The van der Waals surface area contributed by atoms with E-state index in [1.807, 2.05) is 12.1 Å². The molecule has 1 fully saturated rings. The molecule has 2 aromatic carbocycles. The second-order valence-corrected chi connectivity index (χ2v) is 7.39. The van der Waals surface area contributed by atoms with Crippen LogP contribution in [0, 0.1) is 5.92 Å². The zero-order chi connectivity index (χ0) is 18.7. The van der Waals surface area contributed by atoms with Crippen LogP contribution in [0.5, 0.6) is 0 Å². The average molecular weight is 366 g/mol. The number of piperazine rings is 1. The SMILES string of the molecule is O=C(CC(Cc1ccccc1)Cc1ccccc1)NCCN1CCNCC1. The number of carbonyl (C=O) groups is 1. The van der Waals surface area contributed by atoms with Crippen LogP contribution in [0.2, 0.25) is 0 Å². The highest BCUT2D eigenvalue weighted by Crippen LogP contribution is 2.18. The van der Waals surface area contributed by atoms with Crippen molar-refractivity contribution in [3.63, 3.8) is 0 Å². The molecule has 0 atom stereocenters. The standard InChI is InChI=1S/C23H31N3O/c27-23(25-13-16-26-14-11-24-12-15-26)19-22(17-20-7-3-1-4-8-20)18-21-9-5-2-6-10-21/h1-10,22,24H,11-19H2,(H,25,27). The van der Waals surface area contributed by atoms with Crippen molar-refractivity contribution in [1.29, 1.82) is 0 Å². The van der Waals surface area contributed by atoms with Gasteiger partial charge < -0.3 is 10.6 Å². The third-order valence-corrected chi connectivity index (χ3v) is 5.17. The first-order valence-corrected chi connectivity index (χ1v) is 10.1. The first-order chi connectivity index (χ1) is 13.3. The van der Waals surface area contributed by atoms with Gasteiger partial charge in [-0.3, -0.25) is 9.69 Å². The Morgan fingerprint density at radius 1 is 0.926 bits per heavy atom. The van der Waals surface area contributed by atoms with Gasteiger partial charge in [0, 0.05) is 45.7 Å². The van der Waals surface area contributed by atoms with Gasteiger partial charge in [-0.1, -0.05) is 60.7 Å². The summed E-state index contributed by atoms with van der Waals surface area (Å²) in [5.74, 6) is 0.482. The predicted molar refractivity (Wildman–Crippen MR) is 111 cm³/mol. The van der Waals surface area contributed by atoms with Crippen molar-refractivity contribution in [2.24, 2.45) is 5.92 Å². The monoisotopic (exact) mass is 365 g/mol. The summed E-state index contributed by atoms with van der Waals surface area (Å²) in [6, 6.07) is 21.0. The molecule has 0 radical (unpaired) electrons. The van der Waals surface area contributed by atoms with Crippen molar-refractivity contribution in [2.75, 3.05) is 39.3 Å². The lowest BCUT2D eigenvalue weighted by Crippen LogP contribution is -2.46. The number of nitrogens with one attached hydrogen (secondary N) is 2. The van der Waals surface area contributed by atoms with E-state index >= 15 is 0 Å². The van der Waals surface area contributed by atoms with Crippen molar-refractivity contribution in [1.82, 2.24) is 15.5 Å². The summed E-state index contributed by atoms with van der Waals surface area (Å²) in [5.41, 5.74) is 2.60. The number of amides is 1. The van der Waals surface area contributed by atoms with Gasteiger partial charge in [-0.25, -0.2) is 0 Å². The third-order valence-electron chi connectivity index (χ3n) is 5.17. The quantitative estimate of drug-likeness (QED) is 0.718. The maximum Gasteiger partial charge on any atom is 0.220 e. The van der Waals surface area contributed by atoms with Gasteiger partial charge in [-0.15, -0.1) is 0 Å². The fraction of sp³-hybridized carbons (Fsp3) is 0.435. The average Bonchev–Trinajstić information content (AvgIpc) is 2.70.